The molecule has 2 amide bonds. The third kappa shape index (κ3) is 4.88. The highest BCUT2D eigenvalue weighted by molar-refractivity contribution is 7.12. The summed E-state index contributed by atoms with van der Waals surface area (Å²) in [5, 5.41) is 3.81. The molecule has 0 fully saturated rings. The smallest absolute Gasteiger partial charge is 0.310 e. The minimum absolute atomic E-state index is 0.0681. The monoisotopic (exact) mass is 351 g/mol. The Kier molecular flexibility index (Phi) is 6.02. The normalized spacial score (nSPS) is 10.1. The van der Waals surface area contributed by atoms with Gasteiger partial charge in [-0.1, -0.05) is 12.1 Å². The van der Waals surface area contributed by atoms with Crippen LogP contribution in [-0.2, 0) is 20.7 Å². The van der Waals surface area contributed by atoms with Gasteiger partial charge in [0.2, 0.25) is 0 Å². The Hall–Kier alpha value is -2.74. The van der Waals surface area contributed by atoms with Crippen LogP contribution in [0, 0.1) is 5.82 Å². The molecule has 1 aromatic heterocycles. The molecule has 0 saturated carbocycles. The molecule has 1 heterocycles. The Balaban J connectivity index is 1.79. The number of carbonyl (C=O) groups excluding carboxylic acids is 3. The van der Waals surface area contributed by atoms with Crippen molar-refractivity contribution in [2.45, 2.75) is 6.42 Å². The molecular formula is C16H14FNO5S. The summed E-state index contributed by atoms with van der Waals surface area (Å²) < 4.78 is 23.1. The van der Waals surface area contributed by atoms with Gasteiger partial charge in [0.15, 0.2) is 18.2 Å². The number of nitrogens with one attached hydrogen (secondary N) is 1. The maximum absolute atomic E-state index is 13.5. The SMILES string of the molecule is COc1ccc(CC(=O)OCC(=O)NC(=O)c2cccs2)cc1F. The first-order valence-corrected chi connectivity index (χ1v) is 7.73. The zero-order valence-corrected chi connectivity index (χ0v) is 13.5. The van der Waals surface area contributed by atoms with E-state index in [1.807, 2.05) is 0 Å². The van der Waals surface area contributed by atoms with Crippen LogP contribution in [0.3, 0.4) is 0 Å². The molecule has 0 bridgehead atoms. The fraction of sp³-hybridized carbons (Fsp3) is 0.188. The van der Waals surface area contributed by atoms with Crippen molar-refractivity contribution in [1.82, 2.24) is 5.32 Å². The number of amides is 2. The van der Waals surface area contributed by atoms with E-state index in [1.54, 1.807) is 17.5 Å². The molecule has 1 aromatic carbocycles. The number of imide groups is 1. The Morgan fingerprint density at radius 3 is 2.67 bits per heavy atom. The van der Waals surface area contributed by atoms with Crippen molar-refractivity contribution >= 4 is 29.1 Å². The first-order valence-electron chi connectivity index (χ1n) is 6.85. The second kappa shape index (κ2) is 8.21. The quantitative estimate of drug-likeness (QED) is 0.805. The molecule has 2 rings (SSSR count). The van der Waals surface area contributed by atoms with Gasteiger partial charge in [0, 0.05) is 0 Å². The maximum atomic E-state index is 13.5. The summed E-state index contributed by atoms with van der Waals surface area (Å²) in [6.07, 6.45) is -0.201. The van der Waals surface area contributed by atoms with E-state index >= 15 is 0 Å². The fourth-order valence-electron chi connectivity index (χ4n) is 1.82. The topological polar surface area (TPSA) is 81.7 Å². The number of esters is 1. The van der Waals surface area contributed by atoms with Crippen LogP contribution >= 0.6 is 11.3 Å². The number of hydrogen-bond donors (Lipinski definition) is 1. The molecule has 0 atom stereocenters. The number of benzene rings is 1. The Morgan fingerprint density at radius 1 is 1.25 bits per heavy atom. The molecule has 0 aliphatic rings. The van der Waals surface area contributed by atoms with E-state index in [9.17, 15) is 18.8 Å². The lowest BCUT2D eigenvalue weighted by Gasteiger charge is -2.06. The zero-order valence-electron chi connectivity index (χ0n) is 12.7. The third-order valence-corrected chi connectivity index (χ3v) is 3.80. The van der Waals surface area contributed by atoms with Crippen LogP contribution in [0.2, 0.25) is 0 Å². The number of carbonyl (C=O) groups is 3. The summed E-state index contributed by atoms with van der Waals surface area (Å²) in [6.45, 7) is -0.589. The number of ether oxygens (including phenoxy) is 2. The summed E-state index contributed by atoms with van der Waals surface area (Å²) in [6, 6.07) is 7.31. The third-order valence-electron chi connectivity index (χ3n) is 2.93. The van der Waals surface area contributed by atoms with E-state index < -0.39 is 30.2 Å². The first-order chi connectivity index (χ1) is 11.5. The van der Waals surface area contributed by atoms with Crippen molar-refractivity contribution in [3.05, 3.63) is 52.0 Å². The van der Waals surface area contributed by atoms with Gasteiger partial charge in [0.1, 0.15) is 0 Å². The van der Waals surface area contributed by atoms with Gasteiger partial charge < -0.3 is 9.47 Å². The van der Waals surface area contributed by atoms with Crippen LogP contribution in [0.1, 0.15) is 15.2 Å². The van der Waals surface area contributed by atoms with E-state index in [-0.39, 0.29) is 12.2 Å². The highest BCUT2D eigenvalue weighted by atomic mass is 32.1. The van der Waals surface area contributed by atoms with Crippen LogP contribution in [0.5, 0.6) is 5.75 Å². The largest absolute Gasteiger partial charge is 0.494 e. The molecule has 0 aliphatic heterocycles. The van der Waals surface area contributed by atoms with Gasteiger partial charge in [-0.2, -0.15) is 0 Å². The fourth-order valence-corrected chi connectivity index (χ4v) is 2.43. The van der Waals surface area contributed by atoms with Crippen LogP contribution in [0.4, 0.5) is 4.39 Å². The van der Waals surface area contributed by atoms with Gasteiger partial charge in [-0.05, 0) is 29.1 Å². The van der Waals surface area contributed by atoms with Crippen molar-refractivity contribution < 1.29 is 28.2 Å². The molecule has 0 spiro atoms. The van der Waals surface area contributed by atoms with Crippen LogP contribution in [0.15, 0.2) is 35.7 Å². The minimum Gasteiger partial charge on any atom is -0.494 e. The molecule has 24 heavy (non-hydrogen) atoms. The summed E-state index contributed by atoms with van der Waals surface area (Å²) >= 11 is 1.19. The standard InChI is InChI=1S/C16H14FNO5S/c1-22-12-5-4-10(7-11(12)17)8-15(20)23-9-14(19)18-16(21)13-3-2-6-24-13/h2-7H,8-9H2,1H3,(H,18,19,21). The highest BCUT2D eigenvalue weighted by Crippen LogP contribution is 2.18. The predicted octanol–water partition coefficient (Wildman–Crippen LogP) is 1.94. The molecule has 0 radical (unpaired) electrons. The molecular weight excluding hydrogens is 337 g/mol. The van der Waals surface area contributed by atoms with Crippen molar-refractivity contribution in [1.29, 1.82) is 0 Å². The van der Waals surface area contributed by atoms with Crippen LogP contribution in [0.25, 0.3) is 0 Å². The van der Waals surface area contributed by atoms with Crippen molar-refractivity contribution in [3.63, 3.8) is 0 Å². The number of methoxy groups -OCH3 is 1. The second-order valence-electron chi connectivity index (χ2n) is 4.66. The van der Waals surface area contributed by atoms with Crippen molar-refractivity contribution in [3.8, 4) is 5.75 Å². The number of rotatable bonds is 6. The van der Waals surface area contributed by atoms with E-state index in [0.29, 0.717) is 10.4 Å². The molecule has 126 valence electrons. The molecule has 8 heteroatoms. The molecule has 6 nitrogen and oxygen atoms in total. The van der Waals surface area contributed by atoms with Gasteiger partial charge in [-0.25, -0.2) is 4.39 Å². The van der Waals surface area contributed by atoms with Gasteiger partial charge in [-0.15, -0.1) is 11.3 Å². The second-order valence-corrected chi connectivity index (χ2v) is 5.61. The van der Waals surface area contributed by atoms with Gasteiger partial charge in [0.05, 0.1) is 18.4 Å². The van der Waals surface area contributed by atoms with E-state index in [4.69, 9.17) is 9.47 Å². The molecule has 1 N–H and O–H groups in total. The minimum atomic E-state index is -0.734. The first kappa shape index (κ1) is 17.6. The van der Waals surface area contributed by atoms with Crippen LogP contribution in [-0.4, -0.2) is 31.5 Å². The average molecular weight is 351 g/mol. The maximum Gasteiger partial charge on any atom is 0.310 e. The van der Waals surface area contributed by atoms with Crippen LogP contribution < -0.4 is 10.1 Å². The van der Waals surface area contributed by atoms with Crippen molar-refractivity contribution in [2.24, 2.45) is 0 Å². The van der Waals surface area contributed by atoms with E-state index in [2.05, 4.69) is 5.32 Å². The van der Waals surface area contributed by atoms with Crippen molar-refractivity contribution in [2.75, 3.05) is 13.7 Å². The predicted molar refractivity (Wildman–Crippen MR) is 84.4 cm³/mol. The van der Waals surface area contributed by atoms with Gasteiger partial charge in [-0.3, -0.25) is 19.7 Å². The lowest BCUT2D eigenvalue weighted by atomic mass is 10.1. The Bertz CT molecular complexity index is 745. The average Bonchev–Trinajstić information content (AvgIpc) is 3.08. The van der Waals surface area contributed by atoms with Gasteiger partial charge in [0.25, 0.3) is 11.8 Å². The molecule has 0 unspecified atom stereocenters. The number of hydrogen-bond acceptors (Lipinski definition) is 6. The summed E-state index contributed by atoms with van der Waals surface area (Å²) in [7, 11) is 1.34. The Labute approximate surface area is 141 Å². The zero-order chi connectivity index (χ0) is 17.5. The van der Waals surface area contributed by atoms with E-state index in [0.717, 1.165) is 6.07 Å². The summed E-state index contributed by atoms with van der Waals surface area (Å²) in [5.74, 6) is -2.52. The van der Waals surface area contributed by atoms with Gasteiger partial charge >= 0.3 is 5.97 Å². The summed E-state index contributed by atoms with van der Waals surface area (Å²) in [4.78, 5) is 35.2. The number of thiophene rings is 1. The summed E-state index contributed by atoms with van der Waals surface area (Å²) in [5.41, 5.74) is 0.383. The lowest BCUT2D eigenvalue weighted by molar-refractivity contribution is -0.147. The highest BCUT2D eigenvalue weighted by Gasteiger charge is 2.14. The molecule has 2 aromatic rings. The van der Waals surface area contributed by atoms with E-state index in [1.165, 1.54) is 30.6 Å². The lowest BCUT2D eigenvalue weighted by Crippen LogP contribution is -2.33. The Morgan fingerprint density at radius 2 is 2.04 bits per heavy atom. The molecule has 0 saturated heterocycles. The number of halogens is 1. The molecule has 0 aliphatic carbocycles.